The number of hydrogen-bond acceptors (Lipinski definition) is 3. The first-order valence-corrected chi connectivity index (χ1v) is 8.76. The first-order valence-electron chi connectivity index (χ1n) is 8.76. The number of urea groups is 1. The summed E-state index contributed by atoms with van der Waals surface area (Å²) in [6.07, 6.45) is 2.00. The lowest BCUT2D eigenvalue weighted by atomic mass is 10.0. The van der Waals surface area contributed by atoms with Crippen molar-refractivity contribution in [1.82, 2.24) is 10.2 Å². The first kappa shape index (κ1) is 17.5. The second kappa shape index (κ2) is 7.74. The maximum atomic E-state index is 12.6. The molecule has 0 aromatic heterocycles. The van der Waals surface area contributed by atoms with Gasteiger partial charge in [0.2, 0.25) is 0 Å². The van der Waals surface area contributed by atoms with Crippen LogP contribution in [0.15, 0.2) is 36.4 Å². The summed E-state index contributed by atoms with van der Waals surface area (Å²) in [5.41, 5.74) is 1.01. The molecule has 1 aliphatic heterocycles. The fourth-order valence-corrected chi connectivity index (χ4v) is 3.60. The van der Waals surface area contributed by atoms with Gasteiger partial charge in [0.1, 0.15) is 5.75 Å². The van der Waals surface area contributed by atoms with Gasteiger partial charge in [-0.25, -0.2) is 4.79 Å². The average Bonchev–Trinajstić information content (AvgIpc) is 2.65. The molecule has 2 aromatic carbocycles. The molecule has 0 saturated carbocycles. The Hall–Kier alpha value is -2.27. The molecule has 0 radical (unpaired) electrons. The Balaban J connectivity index is 1.73. The van der Waals surface area contributed by atoms with Crippen LogP contribution in [0.2, 0.25) is 0 Å². The second-order valence-electron chi connectivity index (χ2n) is 6.55. The summed E-state index contributed by atoms with van der Waals surface area (Å²) < 4.78 is 10.9. The summed E-state index contributed by atoms with van der Waals surface area (Å²) in [6, 6.07) is 12.3. The number of methoxy groups -OCH3 is 2. The van der Waals surface area contributed by atoms with Crippen molar-refractivity contribution in [2.75, 3.05) is 20.8 Å². The number of likely N-dealkylation sites (tertiary alicyclic amines) is 1. The van der Waals surface area contributed by atoms with Crippen LogP contribution in [0, 0.1) is 0 Å². The molecule has 2 aromatic rings. The van der Waals surface area contributed by atoms with Gasteiger partial charge in [0.15, 0.2) is 0 Å². The monoisotopic (exact) mass is 342 g/mol. The summed E-state index contributed by atoms with van der Waals surface area (Å²) in [4.78, 5) is 14.5. The van der Waals surface area contributed by atoms with Crippen molar-refractivity contribution < 1.29 is 14.3 Å². The zero-order valence-corrected chi connectivity index (χ0v) is 15.1. The molecule has 0 unspecified atom stereocenters. The van der Waals surface area contributed by atoms with E-state index < -0.39 is 0 Å². The van der Waals surface area contributed by atoms with E-state index in [0.717, 1.165) is 41.5 Å². The predicted octanol–water partition coefficient (Wildman–Crippen LogP) is 3.56. The molecule has 2 atom stereocenters. The molecule has 134 valence electrons. The van der Waals surface area contributed by atoms with Gasteiger partial charge in [-0.3, -0.25) is 0 Å². The van der Waals surface area contributed by atoms with E-state index in [1.165, 1.54) is 0 Å². The summed E-state index contributed by atoms with van der Waals surface area (Å²) in [7, 11) is 3.40. The van der Waals surface area contributed by atoms with Crippen LogP contribution in [0.4, 0.5) is 4.79 Å². The molecule has 1 heterocycles. The quantitative estimate of drug-likeness (QED) is 0.924. The molecular formula is C20H26N2O3. The molecule has 1 N–H and O–H groups in total. The van der Waals surface area contributed by atoms with Gasteiger partial charge in [-0.1, -0.05) is 30.3 Å². The van der Waals surface area contributed by atoms with Crippen LogP contribution < -0.4 is 10.1 Å². The molecule has 1 fully saturated rings. The summed E-state index contributed by atoms with van der Waals surface area (Å²) >= 11 is 0. The number of carbonyl (C=O) groups is 1. The molecule has 3 rings (SSSR count). The van der Waals surface area contributed by atoms with Gasteiger partial charge in [0.25, 0.3) is 0 Å². The number of ether oxygens (including phenoxy) is 2. The minimum atomic E-state index is -0.0305. The van der Waals surface area contributed by atoms with Crippen LogP contribution in [0.5, 0.6) is 5.75 Å². The zero-order chi connectivity index (χ0) is 17.8. The van der Waals surface area contributed by atoms with Crippen molar-refractivity contribution in [3.63, 3.8) is 0 Å². The number of amides is 2. The smallest absolute Gasteiger partial charge is 0.317 e. The molecule has 5 heteroatoms. The summed E-state index contributed by atoms with van der Waals surface area (Å²) in [5.74, 6) is 0.796. The third kappa shape index (κ3) is 3.71. The van der Waals surface area contributed by atoms with Crippen LogP contribution in [0.1, 0.15) is 25.3 Å². The van der Waals surface area contributed by atoms with Crippen LogP contribution >= 0.6 is 0 Å². The van der Waals surface area contributed by atoms with E-state index in [1.54, 1.807) is 14.2 Å². The molecule has 0 spiro atoms. The Kier molecular flexibility index (Phi) is 5.43. The van der Waals surface area contributed by atoms with E-state index in [9.17, 15) is 4.79 Å². The number of nitrogens with zero attached hydrogens (tertiary/aromatic N) is 1. The number of benzene rings is 2. The lowest BCUT2D eigenvalue weighted by Gasteiger charge is -2.37. The molecular weight excluding hydrogens is 316 g/mol. The number of fused-ring (bicyclic) bond motifs is 1. The van der Waals surface area contributed by atoms with Gasteiger partial charge in [0, 0.05) is 31.8 Å². The minimum absolute atomic E-state index is 0.0305. The highest BCUT2D eigenvalue weighted by molar-refractivity contribution is 5.88. The molecule has 5 nitrogen and oxygen atoms in total. The maximum Gasteiger partial charge on any atom is 0.317 e. The van der Waals surface area contributed by atoms with Crippen molar-refractivity contribution >= 4 is 16.8 Å². The average molecular weight is 342 g/mol. The lowest BCUT2D eigenvalue weighted by Crippen LogP contribution is -2.50. The highest BCUT2D eigenvalue weighted by Crippen LogP contribution is 2.28. The number of hydrogen-bond donors (Lipinski definition) is 1. The normalized spacial score (nSPS) is 20.5. The number of rotatable bonds is 4. The van der Waals surface area contributed by atoms with Gasteiger partial charge in [-0.15, -0.1) is 0 Å². The van der Waals surface area contributed by atoms with Crippen molar-refractivity contribution in [2.45, 2.75) is 38.5 Å². The summed E-state index contributed by atoms with van der Waals surface area (Å²) in [6.45, 7) is 3.24. The second-order valence-corrected chi connectivity index (χ2v) is 6.55. The highest BCUT2D eigenvalue weighted by Gasteiger charge is 2.28. The molecule has 0 aliphatic carbocycles. The molecule has 1 aliphatic rings. The SMILES string of the molecule is COc1ccc2ccccc2c1CNC(=O)N1CC[C@H](OC)C[C@H]1C. The van der Waals surface area contributed by atoms with E-state index in [-0.39, 0.29) is 18.2 Å². The number of nitrogens with one attached hydrogen (secondary N) is 1. The largest absolute Gasteiger partial charge is 0.496 e. The van der Waals surface area contributed by atoms with Gasteiger partial charge in [0.05, 0.1) is 13.2 Å². The fraction of sp³-hybridized carbons (Fsp3) is 0.450. The first-order chi connectivity index (χ1) is 12.1. The molecule has 0 bridgehead atoms. The van der Waals surface area contributed by atoms with Crippen LogP contribution in [0.25, 0.3) is 10.8 Å². The van der Waals surface area contributed by atoms with Crippen molar-refractivity contribution in [2.24, 2.45) is 0 Å². The van der Waals surface area contributed by atoms with Crippen LogP contribution in [0.3, 0.4) is 0 Å². The van der Waals surface area contributed by atoms with Gasteiger partial charge < -0.3 is 19.7 Å². The van der Waals surface area contributed by atoms with E-state index in [4.69, 9.17) is 9.47 Å². The summed E-state index contributed by atoms with van der Waals surface area (Å²) in [5, 5.41) is 5.31. The Morgan fingerprint density at radius 3 is 2.76 bits per heavy atom. The maximum absolute atomic E-state index is 12.6. The standard InChI is InChI=1S/C20H26N2O3/c1-14-12-16(24-2)10-11-22(14)20(23)21-13-18-17-7-5-4-6-15(17)8-9-19(18)25-3/h4-9,14,16H,10-13H2,1-3H3,(H,21,23)/t14-,16+/m1/s1. The number of piperidine rings is 1. The predicted molar refractivity (Wildman–Crippen MR) is 98.9 cm³/mol. The molecule has 1 saturated heterocycles. The van der Waals surface area contributed by atoms with Gasteiger partial charge >= 0.3 is 6.03 Å². The highest BCUT2D eigenvalue weighted by atomic mass is 16.5. The van der Waals surface area contributed by atoms with Crippen LogP contribution in [-0.4, -0.2) is 43.8 Å². The van der Waals surface area contributed by atoms with Crippen molar-refractivity contribution in [3.8, 4) is 5.75 Å². The van der Waals surface area contributed by atoms with E-state index in [0.29, 0.717) is 6.54 Å². The topological polar surface area (TPSA) is 50.8 Å². The Morgan fingerprint density at radius 2 is 2.04 bits per heavy atom. The lowest BCUT2D eigenvalue weighted by molar-refractivity contribution is 0.0293. The molecule has 25 heavy (non-hydrogen) atoms. The van der Waals surface area contributed by atoms with Gasteiger partial charge in [-0.2, -0.15) is 0 Å². The third-order valence-corrected chi connectivity index (χ3v) is 5.06. The Labute approximate surface area is 148 Å². The van der Waals surface area contributed by atoms with Crippen molar-refractivity contribution in [1.29, 1.82) is 0 Å². The van der Waals surface area contributed by atoms with E-state index in [2.05, 4.69) is 24.4 Å². The Bertz CT molecular complexity index is 747. The fourth-order valence-electron chi connectivity index (χ4n) is 3.60. The van der Waals surface area contributed by atoms with Crippen molar-refractivity contribution in [3.05, 3.63) is 42.0 Å². The van der Waals surface area contributed by atoms with E-state index in [1.807, 2.05) is 29.2 Å². The zero-order valence-electron chi connectivity index (χ0n) is 15.1. The number of carbonyl (C=O) groups excluding carboxylic acids is 1. The van der Waals surface area contributed by atoms with Gasteiger partial charge in [-0.05, 0) is 36.6 Å². The minimum Gasteiger partial charge on any atom is -0.496 e. The molecule has 2 amide bonds. The third-order valence-electron chi connectivity index (χ3n) is 5.06. The van der Waals surface area contributed by atoms with E-state index >= 15 is 0 Å². The van der Waals surface area contributed by atoms with Crippen LogP contribution in [-0.2, 0) is 11.3 Å². The Morgan fingerprint density at radius 1 is 1.24 bits per heavy atom.